The smallest absolute Gasteiger partial charge is 0.220 e. The second kappa shape index (κ2) is 62.3. The van der Waals surface area contributed by atoms with Crippen molar-refractivity contribution < 1.29 is 15.0 Å². The number of nitrogens with one attached hydrogen (secondary N) is 1. The molecule has 73 heavy (non-hydrogen) atoms. The molecule has 3 N–H and O–H groups in total. The molecule has 4 nitrogen and oxygen atoms in total. The molecule has 0 heterocycles. The van der Waals surface area contributed by atoms with E-state index in [-0.39, 0.29) is 12.5 Å². The number of allylic oxidation sites excluding steroid dienone is 25. The van der Waals surface area contributed by atoms with E-state index in [0.717, 1.165) is 122 Å². The van der Waals surface area contributed by atoms with Gasteiger partial charge in [0.1, 0.15) is 0 Å². The van der Waals surface area contributed by atoms with Crippen LogP contribution in [0.15, 0.2) is 158 Å². The Labute approximate surface area is 452 Å². The van der Waals surface area contributed by atoms with E-state index in [1.54, 1.807) is 6.08 Å². The minimum Gasteiger partial charge on any atom is -0.394 e. The Morgan fingerprint density at radius 2 is 0.616 bits per heavy atom. The predicted octanol–water partition coefficient (Wildman–Crippen LogP) is 20.5. The van der Waals surface area contributed by atoms with Crippen LogP contribution in [0.5, 0.6) is 0 Å². The van der Waals surface area contributed by atoms with Gasteiger partial charge in [-0.3, -0.25) is 4.79 Å². The van der Waals surface area contributed by atoms with Gasteiger partial charge in [-0.05, 0) is 122 Å². The molecule has 412 valence electrons. The van der Waals surface area contributed by atoms with Crippen LogP contribution in [-0.2, 0) is 4.79 Å². The average molecular weight is 1000 g/mol. The summed E-state index contributed by atoms with van der Waals surface area (Å²) in [4.78, 5) is 12.5. The minimum atomic E-state index is -0.895. The van der Waals surface area contributed by atoms with Crippen molar-refractivity contribution in [2.45, 2.75) is 264 Å². The third-order valence-corrected chi connectivity index (χ3v) is 12.7. The summed E-state index contributed by atoms with van der Waals surface area (Å²) in [7, 11) is 0. The first-order valence-corrected chi connectivity index (χ1v) is 30.2. The Balaban J connectivity index is 3.72. The molecule has 1 amide bonds. The third-order valence-electron chi connectivity index (χ3n) is 12.7. The van der Waals surface area contributed by atoms with E-state index in [0.29, 0.717) is 6.42 Å². The summed E-state index contributed by atoms with van der Waals surface area (Å²) in [6.07, 6.45) is 99.8. The van der Waals surface area contributed by atoms with Crippen LogP contribution in [0.25, 0.3) is 0 Å². The fraction of sp³-hybridized carbons (Fsp3) is 0.609. The number of aliphatic hydroxyl groups excluding tert-OH is 2. The second-order valence-corrected chi connectivity index (χ2v) is 19.7. The van der Waals surface area contributed by atoms with Crippen molar-refractivity contribution in [2.24, 2.45) is 0 Å². The first-order valence-electron chi connectivity index (χ1n) is 30.2. The van der Waals surface area contributed by atoms with Crippen LogP contribution < -0.4 is 5.32 Å². The second-order valence-electron chi connectivity index (χ2n) is 19.7. The van der Waals surface area contributed by atoms with E-state index in [1.165, 1.54) is 109 Å². The zero-order valence-electron chi connectivity index (χ0n) is 47.3. The normalized spacial score (nSPS) is 14.0. The topological polar surface area (TPSA) is 69.6 Å². The first kappa shape index (κ1) is 69.0. The minimum absolute atomic E-state index is 0.108. The number of carbonyl (C=O) groups is 1. The fourth-order valence-corrected chi connectivity index (χ4v) is 8.18. The van der Waals surface area contributed by atoms with Gasteiger partial charge in [0.2, 0.25) is 5.91 Å². The molecule has 0 saturated heterocycles. The van der Waals surface area contributed by atoms with Gasteiger partial charge in [0, 0.05) is 6.42 Å². The van der Waals surface area contributed by atoms with Crippen molar-refractivity contribution in [3.63, 3.8) is 0 Å². The summed E-state index contributed by atoms with van der Waals surface area (Å²) < 4.78 is 0. The van der Waals surface area contributed by atoms with E-state index in [1.807, 2.05) is 6.08 Å². The molecule has 0 fully saturated rings. The van der Waals surface area contributed by atoms with Gasteiger partial charge in [0.05, 0.1) is 18.8 Å². The van der Waals surface area contributed by atoms with Crippen molar-refractivity contribution in [3.8, 4) is 0 Å². The molecule has 0 radical (unpaired) electrons. The average Bonchev–Trinajstić information content (AvgIpc) is 3.40. The lowest BCUT2D eigenvalue weighted by Gasteiger charge is -2.19. The van der Waals surface area contributed by atoms with Gasteiger partial charge < -0.3 is 15.5 Å². The van der Waals surface area contributed by atoms with E-state index in [4.69, 9.17) is 0 Å². The van der Waals surface area contributed by atoms with Crippen LogP contribution in [0.3, 0.4) is 0 Å². The van der Waals surface area contributed by atoms with Gasteiger partial charge in [-0.25, -0.2) is 0 Å². The highest BCUT2D eigenvalue weighted by atomic mass is 16.3. The SMILES string of the molecule is CC/C=C\C/C=C\C/C=C\C/C=C\C/C=C\C/C=C\C/C=C\C/C=C\C/C=C\C/C=C\CCCCCCC(=O)NC(CO)C(O)/C=C/CC/C=C/CC/C=C/CCCCCCCCCCCCCCCCCC. The molecule has 0 aliphatic carbocycles. The summed E-state index contributed by atoms with van der Waals surface area (Å²) in [6.45, 7) is 4.17. The summed E-state index contributed by atoms with van der Waals surface area (Å²) in [6, 6.07) is -0.673. The number of unbranched alkanes of at least 4 members (excludes halogenated alkanes) is 22. The van der Waals surface area contributed by atoms with Gasteiger partial charge >= 0.3 is 0 Å². The number of carbonyl (C=O) groups excluding carboxylic acids is 1. The standard InChI is InChI=1S/C69H113NO3/c1-3-5-7-9-11-13-15-17-19-21-23-25-27-29-31-32-33-34-35-36-37-38-39-41-43-45-47-49-51-53-55-57-59-61-63-65-69(73)70-67(66-71)68(72)64-62-60-58-56-54-52-50-48-46-44-42-40-30-28-26-24-22-20-18-16-14-12-10-8-6-4-2/h5,7,11,13,17,19,23,25,29,31,33-34,36-37,39,41,45-48,51,53-54,56,62,64,67-68,71-72H,3-4,6,8-10,12,14-16,18,20-22,24,26-28,30,32,35,38,40,42-44,49-50,52,55,57-61,63,65-66H2,1-2H3,(H,70,73)/b7-5-,13-11-,19-17-,25-23-,31-29-,34-33-,37-36-,41-39-,47-45-,48-46+,53-51-,56-54+,64-62+. The molecule has 0 rings (SSSR count). The maximum absolute atomic E-state index is 12.5. The molecule has 4 heteroatoms. The zero-order chi connectivity index (χ0) is 52.7. The van der Waals surface area contributed by atoms with Gasteiger partial charge in [0.15, 0.2) is 0 Å². The summed E-state index contributed by atoms with van der Waals surface area (Å²) in [5.41, 5.74) is 0. The van der Waals surface area contributed by atoms with Crippen LogP contribution in [0, 0.1) is 0 Å². The molecule has 0 aliphatic rings. The number of hydrogen-bond acceptors (Lipinski definition) is 3. The Kier molecular flexibility index (Phi) is 58.9. The predicted molar refractivity (Wildman–Crippen MR) is 326 cm³/mol. The molecule has 0 aromatic carbocycles. The Morgan fingerprint density at radius 1 is 0.342 bits per heavy atom. The van der Waals surface area contributed by atoms with Crippen LogP contribution in [0.2, 0.25) is 0 Å². The van der Waals surface area contributed by atoms with E-state index in [2.05, 4.69) is 165 Å². The highest BCUT2D eigenvalue weighted by Gasteiger charge is 2.17. The lowest BCUT2D eigenvalue weighted by atomic mass is 10.0. The van der Waals surface area contributed by atoms with E-state index in [9.17, 15) is 15.0 Å². The monoisotopic (exact) mass is 1000 g/mol. The van der Waals surface area contributed by atoms with Crippen LogP contribution in [0.4, 0.5) is 0 Å². The molecular weight excluding hydrogens is 891 g/mol. The maximum atomic E-state index is 12.5. The fourth-order valence-electron chi connectivity index (χ4n) is 8.18. The Bertz CT molecular complexity index is 1560. The molecule has 0 aromatic heterocycles. The lowest BCUT2D eigenvalue weighted by Crippen LogP contribution is -2.45. The quantitative estimate of drug-likeness (QED) is 0.0420. The van der Waals surface area contributed by atoms with Crippen LogP contribution in [-0.4, -0.2) is 34.9 Å². The lowest BCUT2D eigenvalue weighted by molar-refractivity contribution is -0.123. The van der Waals surface area contributed by atoms with Crippen molar-refractivity contribution >= 4 is 5.91 Å². The third kappa shape index (κ3) is 58.8. The van der Waals surface area contributed by atoms with E-state index < -0.39 is 12.1 Å². The Morgan fingerprint density at radius 3 is 0.959 bits per heavy atom. The summed E-state index contributed by atoms with van der Waals surface area (Å²) in [5, 5.41) is 23.1. The molecule has 0 bridgehead atoms. The van der Waals surface area contributed by atoms with Crippen molar-refractivity contribution in [2.75, 3.05) is 6.61 Å². The number of rotatable bonds is 53. The first-order chi connectivity index (χ1) is 36.2. The molecule has 2 atom stereocenters. The molecular formula is C69H113NO3. The van der Waals surface area contributed by atoms with Gasteiger partial charge in [-0.2, -0.15) is 0 Å². The number of amides is 1. The number of aliphatic hydroxyl groups is 2. The van der Waals surface area contributed by atoms with Crippen molar-refractivity contribution in [1.29, 1.82) is 0 Å². The van der Waals surface area contributed by atoms with Crippen molar-refractivity contribution in [3.05, 3.63) is 158 Å². The largest absolute Gasteiger partial charge is 0.394 e. The Hall–Kier alpha value is -3.99. The molecule has 0 aromatic rings. The summed E-state index contributed by atoms with van der Waals surface area (Å²) >= 11 is 0. The van der Waals surface area contributed by atoms with E-state index >= 15 is 0 Å². The van der Waals surface area contributed by atoms with Crippen LogP contribution in [0.1, 0.15) is 251 Å². The van der Waals surface area contributed by atoms with Crippen molar-refractivity contribution in [1.82, 2.24) is 5.32 Å². The molecule has 0 spiro atoms. The number of hydrogen-bond donors (Lipinski definition) is 3. The molecule has 0 aliphatic heterocycles. The molecule has 2 unspecified atom stereocenters. The van der Waals surface area contributed by atoms with Gasteiger partial charge in [-0.15, -0.1) is 0 Å². The van der Waals surface area contributed by atoms with Gasteiger partial charge in [0.25, 0.3) is 0 Å². The van der Waals surface area contributed by atoms with Crippen LogP contribution >= 0.6 is 0 Å². The maximum Gasteiger partial charge on any atom is 0.220 e. The summed E-state index contributed by atoms with van der Waals surface area (Å²) in [5.74, 6) is -0.108. The highest BCUT2D eigenvalue weighted by molar-refractivity contribution is 5.76. The zero-order valence-corrected chi connectivity index (χ0v) is 47.3. The highest BCUT2D eigenvalue weighted by Crippen LogP contribution is 2.15. The van der Waals surface area contributed by atoms with Gasteiger partial charge in [-0.1, -0.05) is 281 Å². The molecule has 0 saturated carbocycles.